The summed E-state index contributed by atoms with van der Waals surface area (Å²) < 4.78 is 0. The number of aromatic nitrogens is 1. The van der Waals surface area contributed by atoms with Crippen LogP contribution in [0.2, 0.25) is 0 Å². The molecule has 1 saturated heterocycles. The number of para-hydroxylation sites is 1. The number of hydrogen-bond acceptors (Lipinski definition) is 2. The van der Waals surface area contributed by atoms with E-state index in [1.165, 1.54) is 9.80 Å². The summed E-state index contributed by atoms with van der Waals surface area (Å²) in [5.41, 5.74) is 2.51. The Kier molecular flexibility index (Phi) is 5.07. The van der Waals surface area contributed by atoms with Crippen molar-refractivity contribution in [1.29, 1.82) is 0 Å². The highest BCUT2D eigenvalue weighted by Gasteiger charge is 2.39. The zero-order valence-corrected chi connectivity index (χ0v) is 15.6. The van der Waals surface area contributed by atoms with Crippen molar-refractivity contribution in [2.24, 2.45) is 0 Å². The minimum absolute atomic E-state index is 0.208. The Labute approximate surface area is 159 Å². The third kappa shape index (κ3) is 3.54. The second kappa shape index (κ2) is 7.64. The van der Waals surface area contributed by atoms with E-state index in [1.54, 1.807) is 6.20 Å². The number of likely N-dealkylation sites (N-methyl/N-ethyl adjacent to an activating group) is 1. The highest BCUT2D eigenvalue weighted by Crippen LogP contribution is 2.23. The third-order valence-corrected chi connectivity index (χ3v) is 5.78. The number of carbonyl (C=O) groups excluding carboxylic acids is 1. The van der Waals surface area contributed by atoms with Crippen LogP contribution < -0.4 is 9.80 Å². The van der Waals surface area contributed by atoms with Crippen molar-refractivity contribution in [3.63, 3.8) is 0 Å². The number of nitrogens with one attached hydrogen (secondary N) is 3. The number of benzene rings is 2. The maximum Gasteiger partial charge on any atom is 0.199 e. The summed E-state index contributed by atoms with van der Waals surface area (Å²) in [6, 6.07) is 17.5. The van der Waals surface area contributed by atoms with Gasteiger partial charge in [-0.15, -0.1) is 0 Å². The topological polar surface area (TPSA) is 62.0 Å². The summed E-state index contributed by atoms with van der Waals surface area (Å²) in [6.07, 6.45) is 0.655. The van der Waals surface area contributed by atoms with Crippen LogP contribution in [0.5, 0.6) is 0 Å². The predicted molar refractivity (Wildman–Crippen MR) is 105 cm³/mol. The van der Waals surface area contributed by atoms with Gasteiger partial charge in [-0.25, -0.2) is 0 Å². The van der Waals surface area contributed by atoms with Gasteiger partial charge in [0.2, 0.25) is 0 Å². The number of aliphatic hydroxyl groups excluding tert-OH is 1. The van der Waals surface area contributed by atoms with Gasteiger partial charge >= 0.3 is 0 Å². The SMILES string of the molecule is C[NH+]1CC[NH+]([C@H](c2ccccc2)[C@@H](O)C(=O)c2c[nH]c3ccccc23)CC1. The van der Waals surface area contributed by atoms with Gasteiger partial charge in [-0.3, -0.25) is 4.79 Å². The van der Waals surface area contributed by atoms with Gasteiger partial charge in [-0.05, 0) is 6.07 Å². The fraction of sp³-hybridized carbons (Fsp3) is 0.318. The summed E-state index contributed by atoms with van der Waals surface area (Å²) in [5, 5.41) is 12.1. The fourth-order valence-electron chi connectivity index (χ4n) is 4.20. The highest BCUT2D eigenvalue weighted by atomic mass is 16.3. The van der Waals surface area contributed by atoms with Crippen molar-refractivity contribution >= 4 is 16.7 Å². The molecule has 1 aliphatic heterocycles. The van der Waals surface area contributed by atoms with Gasteiger partial charge in [0, 0.05) is 28.2 Å². The van der Waals surface area contributed by atoms with E-state index in [1.807, 2.05) is 54.6 Å². The third-order valence-electron chi connectivity index (χ3n) is 5.78. The minimum atomic E-state index is -1.07. The lowest BCUT2D eigenvalue weighted by Crippen LogP contribution is -3.27. The van der Waals surface area contributed by atoms with Crippen LogP contribution >= 0.6 is 0 Å². The molecule has 2 atom stereocenters. The second-order valence-corrected chi connectivity index (χ2v) is 7.56. The first-order chi connectivity index (χ1) is 13.1. The van der Waals surface area contributed by atoms with Crippen LogP contribution in [-0.4, -0.2) is 55.2 Å². The molecule has 0 aliphatic carbocycles. The minimum Gasteiger partial charge on any atom is -0.379 e. The maximum absolute atomic E-state index is 13.3. The maximum atomic E-state index is 13.3. The zero-order valence-electron chi connectivity index (χ0n) is 15.6. The number of quaternary nitrogens is 2. The van der Waals surface area contributed by atoms with Crippen LogP contribution in [0.25, 0.3) is 10.9 Å². The summed E-state index contributed by atoms with van der Waals surface area (Å²) in [6.45, 7) is 3.99. The monoisotopic (exact) mass is 365 g/mol. The number of aliphatic hydroxyl groups is 1. The van der Waals surface area contributed by atoms with Crippen molar-refractivity contribution in [2.75, 3.05) is 33.2 Å². The Morgan fingerprint density at radius 3 is 2.41 bits per heavy atom. The highest BCUT2D eigenvalue weighted by molar-refractivity contribution is 6.10. The quantitative estimate of drug-likeness (QED) is 0.476. The summed E-state index contributed by atoms with van der Waals surface area (Å²) >= 11 is 0. The average Bonchev–Trinajstić information content (AvgIpc) is 3.14. The van der Waals surface area contributed by atoms with Crippen molar-refractivity contribution in [3.8, 4) is 0 Å². The Bertz CT molecular complexity index is 913. The summed E-state index contributed by atoms with van der Waals surface area (Å²) in [4.78, 5) is 19.2. The van der Waals surface area contributed by atoms with E-state index in [9.17, 15) is 9.90 Å². The lowest BCUT2D eigenvalue weighted by Gasteiger charge is -2.35. The molecule has 1 aliphatic rings. The van der Waals surface area contributed by atoms with Gasteiger partial charge in [-0.2, -0.15) is 0 Å². The number of rotatable bonds is 5. The van der Waals surface area contributed by atoms with E-state index in [2.05, 4.69) is 12.0 Å². The van der Waals surface area contributed by atoms with Crippen molar-refractivity contribution < 1.29 is 19.7 Å². The molecule has 5 heteroatoms. The molecule has 0 saturated carbocycles. The van der Waals surface area contributed by atoms with Gasteiger partial charge in [0.15, 0.2) is 11.9 Å². The van der Waals surface area contributed by atoms with E-state index in [4.69, 9.17) is 0 Å². The average molecular weight is 365 g/mol. The first-order valence-electron chi connectivity index (χ1n) is 9.64. The molecule has 140 valence electrons. The molecular weight excluding hydrogens is 338 g/mol. The van der Waals surface area contributed by atoms with E-state index in [0.29, 0.717) is 5.56 Å². The zero-order chi connectivity index (χ0) is 18.8. The molecule has 3 aromatic rings. The Hall–Kier alpha value is -2.47. The summed E-state index contributed by atoms with van der Waals surface area (Å²) in [7, 11) is 2.20. The first-order valence-corrected chi connectivity index (χ1v) is 9.64. The van der Waals surface area contributed by atoms with E-state index in [-0.39, 0.29) is 11.8 Å². The van der Waals surface area contributed by atoms with Crippen molar-refractivity contribution in [2.45, 2.75) is 12.1 Å². The number of ketones is 1. The van der Waals surface area contributed by atoms with Gasteiger partial charge in [-0.1, -0.05) is 48.5 Å². The van der Waals surface area contributed by atoms with Gasteiger partial charge < -0.3 is 19.9 Å². The number of H-pyrrole nitrogens is 1. The molecule has 4 N–H and O–H groups in total. The fourth-order valence-corrected chi connectivity index (χ4v) is 4.20. The Morgan fingerprint density at radius 2 is 1.67 bits per heavy atom. The standard InChI is InChI=1S/C22H25N3O2/c1-24-11-13-25(14-12-24)20(16-7-3-2-4-8-16)22(27)21(26)18-15-23-19-10-6-5-9-17(18)19/h2-10,15,20,22-23,27H,11-14H2,1H3/p+2/t20-,22-/m1/s1. The lowest BCUT2D eigenvalue weighted by atomic mass is 9.93. The van der Waals surface area contributed by atoms with Gasteiger partial charge in [0.1, 0.15) is 32.2 Å². The molecule has 2 heterocycles. The van der Waals surface area contributed by atoms with Gasteiger partial charge in [0.05, 0.1) is 7.05 Å². The second-order valence-electron chi connectivity index (χ2n) is 7.56. The largest absolute Gasteiger partial charge is 0.379 e. The van der Waals surface area contributed by atoms with Crippen LogP contribution in [-0.2, 0) is 0 Å². The van der Waals surface area contributed by atoms with Crippen LogP contribution in [0.1, 0.15) is 22.0 Å². The van der Waals surface area contributed by atoms with Crippen molar-refractivity contribution in [3.05, 3.63) is 71.9 Å². The predicted octanol–water partition coefficient (Wildman–Crippen LogP) is -0.134. The molecule has 27 heavy (non-hydrogen) atoms. The van der Waals surface area contributed by atoms with Crippen LogP contribution in [0.4, 0.5) is 0 Å². The van der Waals surface area contributed by atoms with E-state index in [0.717, 1.165) is 42.6 Å². The number of Topliss-reactive ketones (excluding diaryl/α,β-unsaturated/α-hetero) is 1. The lowest BCUT2D eigenvalue weighted by molar-refractivity contribution is -1.02. The van der Waals surface area contributed by atoms with E-state index >= 15 is 0 Å². The van der Waals surface area contributed by atoms with Crippen molar-refractivity contribution in [1.82, 2.24) is 4.98 Å². The number of hydrogen-bond donors (Lipinski definition) is 4. The Balaban J connectivity index is 1.67. The Morgan fingerprint density at radius 1 is 1.00 bits per heavy atom. The first kappa shape index (κ1) is 17.9. The molecule has 1 aromatic heterocycles. The molecule has 0 spiro atoms. The number of piperazine rings is 1. The van der Waals surface area contributed by atoms with Crippen LogP contribution in [0, 0.1) is 0 Å². The molecule has 0 unspecified atom stereocenters. The normalized spacial score (nSPS) is 22.4. The summed E-state index contributed by atoms with van der Waals surface area (Å²) in [5.74, 6) is -0.208. The molecule has 2 aromatic carbocycles. The molecule has 0 radical (unpaired) electrons. The number of fused-ring (bicyclic) bond motifs is 1. The number of aromatic amines is 1. The van der Waals surface area contributed by atoms with Crippen LogP contribution in [0.15, 0.2) is 60.8 Å². The smallest absolute Gasteiger partial charge is 0.199 e. The van der Waals surface area contributed by atoms with E-state index < -0.39 is 6.10 Å². The molecular formula is C22H27N3O2+2. The van der Waals surface area contributed by atoms with Crippen LogP contribution in [0.3, 0.4) is 0 Å². The number of carbonyl (C=O) groups is 1. The molecule has 0 bridgehead atoms. The molecule has 0 amide bonds. The molecule has 1 fully saturated rings. The van der Waals surface area contributed by atoms with Gasteiger partial charge in [0.25, 0.3) is 0 Å². The molecule has 4 rings (SSSR count). The molecule has 5 nitrogen and oxygen atoms in total.